The molecule has 1 saturated heterocycles. The summed E-state index contributed by atoms with van der Waals surface area (Å²) in [5.41, 5.74) is -0.468. The van der Waals surface area contributed by atoms with E-state index in [1.165, 1.54) is 0 Å². The van der Waals surface area contributed by atoms with Crippen LogP contribution in [0.5, 0.6) is 0 Å². The molecule has 0 spiro atoms. The summed E-state index contributed by atoms with van der Waals surface area (Å²) in [6, 6.07) is 0. The fourth-order valence-corrected chi connectivity index (χ4v) is 2.34. The summed E-state index contributed by atoms with van der Waals surface area (Å²) in [6.07, 6.45) is 0.773. The summed E-state index contributed by atoms with van der Waals surface area (Å²) in [6.45, 7) is 6.10. The van der Waals surface area contributed by atoms with E-state index in [2.05, 4.69) is 0 Å². The minimum atomic E-state index is -0.680. The summed E-state index contributed by atoms with van der Waals surface area (Å²) >= 11 is 0. The highest BCUT2D eigenvalue weighted by atomic mass is 16.5. The zero-order valence-electron chi connectivity index (χ0n) is 13.2. The molecule has 12 heteroatoms. The third-order valence-corrected chi connectivity index (χ3v) is 4.44. The molecule has 0 bridgehead atoms. The largest absolute Gasteiger partial charge is 0.466 e. The molecule has 0 saturated carbocycles. The Balaban J connectivity index is 2.50. The van der Waals surface area contributed by atoms with Gasteiger partial charge in [0, 0.05) is 64.2 Å². The Kier molecular flexibility index (Phi) is 6.93. The number of hydrogen-bond acceptors (Lipinski definition) is 2. The molecule has 1 fully saturated rings. The van der Waals surface area contributed by atoms with E-state index in [4.69, 9.17) is 43.4 Å². The highest BCUT2D eigenvalue weighted by Crippen LogP contribution is 2.37. The van der Waals surface area contributed by atoms with Crippen LogP contribution in [0.1, 0.15) is 27.2 Å². The average molecular weight is 263 g/mol. The summed E-state index contributed by atoms with van der Waals surface area (Å²) in [5, 5.41) is 0. The molecule has 0 amide bonds. The zero-order valence-corrected chi connectivity index (χ0v) is 13.2. The second-order valence-corrected chi connectivity index (χ2v) is 6.58. The number of carbonyl (C=O) groups excluding carboxylic acids is 1. The lowest BCUT2D eigenvalue weighted by Crippen LogP contribution is -2.63. The molecule has 1 aliphatic heterocycles. The van der Waals surface area contributed by atoms with Crippen molar-refractivity contribution < 1.29 is 9.53 Å². The second kappa shape index (κ2) is 7.59. The third kappa shape index (κ3) is 5.06. The lowest BCUT2D eigenvalue weighted by atomic mass is 8.57. The minimum absolute atomic E-state index is 0.0899. The lowest BCUT2D eigenvalue weighted by Gasteiger charge is -2.26. The predicted octanol–water partition coefficient (Wildman–Crippen LogP) is -1.79. The maximum Gasteiger partial charge on any atom is 0.311 e. The van der Waals surface area contributed by atoms with Crippen molar-refractivity contribution in [1.82, 2.24) is 0 Å². The SMILES string of the molecule is [B]B([B])B([B])B(B([B])[B])B1[CH]C1COC(=O)C(C)(C)CC. The van der Waals surface area contributed by atoms with Crippen molar-refractivity contribution in [3.8, 4) is 0 Å². The van der Waals surface area contributed by atoms with E-state index in [0.717, 1.165) is 6.42 Å². The van der Waals surface area contributed by atoms with Crippen molar-refractivity contribution >= 4 is 76.8 Å². The molecule has 1 rings (SSSR count). The maximum absolute atomic E-state index is 11.9. The molecule has 0 aliphatic carbocycles. The number of hydrogen-bond donors (Lipinski definition) is 0. The van der Waals surface area contributed by atoms with Gasteiger partial charge < -0.3 is 4.74 Å². The highest BCUT2D eigenvalue weighted by Gasteiger charge is 2.50. The molecule has 1 heterocycles. The lowest BCUT2D eigenvalue weighted by molar-refractivity contribution is -0.153. The van der Waals surface area contributed by atoms with E-state index in [0.29, 0.717) is 6.61 Å². The van der Waals surface area contributed by atoms with Gasteiger partial charge in [-0.3, -0.25) is 4.79 Å². The first-order valence-corrected chi connectivity index (χ1v) is 7.42. The zero-order chi connectivity index (χ0) is 16.4. The Morgan fingerprint density at radius 3 is 2.24 bits per heavy atom. The van der Waals surface area contributed by atoms with E-state index < -0.39 is 24.6 Å². The van der Waals surface area contributed by atoms with Crippen LogP contribution in [-0.2, 0) is 9.53 Å². The first-order valence-electron chi connectivity index (χ1n) is 7.42. The predicted molar refractivity (Wildman–Crippen MR) is 101 cm³/mol. The molecular weight excluding hydrogens is 248 g/mol. The van der Waals surface area contributed by atoms with Gasteiger partial charge in [-0.1, -0.05) is 13.2 Å². The van der Waals surface area contributed by atoms with Crippen molar-refractivity contribution in [3.63, 3.8) is 0 Å². The molecule has 0 N–H and O–H groups in total. The van der Waals surface area contributed by atoms with Crippen LogP contribution < -0.4 is 0 Å². The second-order valence-electron chi connectivity index (χ2n) is 6.58. The summed E-state index contributed by atoms with van der Waals surface area (Å²) in [4.78, 5) is 11.9. The van der Waals surface area contributed by atoms with Crippen molar-refractivity contribution in [2.45, 2.75) is 33.0 Å². The van der Waals surface area contributed by atoms with Crippen LogP contribution in [0.25, 0.3) is 0 Å². The first kappa shape index (κ1) is 19.2. The molecule has 0 aromatic heterocycles. The molecule has 2 nitrogen and oxygen atoms in total. The summed E-state index contributed by atoms with van der Waals surface area (Å²) in [5.74, 6) is -0.0801. The van der Waals surface area contributed by atoms with Gasteiger partial charge in [-0.15, -0.1) is 0 Å². The number of esters is 1. The Morgan fingerprint density at radius 1 is 1.24 bits per heavy atom. The Hall–Kier alpha value is 0.119. The van der Waals surface area contributed by atoms with E-state index in [-0.39, 0.29) is 24.8 Å². The van der Waals surface area contributed by atoms with Crippen molar-refractivity contribution in [2.75, 3.05) is 6.61 Å². The van der Waals surface area contributed by atoms with Crippen LogP contribution in [0, 0.1) is 11.7 Å². The van der Waals surface area contributed by atoms with Gasteiger partial charge in [0.05, 0.1) is 12.0 Å². The van der Waals surface area contributed by atoms with Gasteiger partial charge in [-0.05, 0) is 26.1 Å². The Labute approximate surface area is 138 Å². The maximum atomic E-state index is 11.9. The Morgan fingerprint density at radius 2 is 1.81 bits per heavy atom. The fraction of sp³-hybridized carbons (Fsp3) is 0.778. The highest BCUT2D eigenvalue weighted by molar-refractivity contribution is 8.01. The van der Waals surface area contributed by atoms with Crippen LogP contribution in [0.3, 0.4) is 0 Å². The van der Waals surface area contributed by atoms with Crippen molar-refractivity contribution in [1.29, 1.82) is 0 Å². The van der Waals surface area contributed by atoms with Gasteiger partial charge in [0.2, 0.25) is 0 Å². The number of carbonyl (C=O) groups is 1. The molecule has 93 valence electrons. The molecule has 0 aromatic carbocycles. The monoisotopic (exact) mass is 265 g/mol. The Bertz CT molecular complexity index is 362. The molecule has 0 aromatic rings. The van der Waals surface area contributed by atoms with Gasteiger partial charge >= 0.3 is 5.97 Å². The molecule has 21 heavy (non-hydrogen) atoms. The third-order valence-electron chi connectivity index (χ3n) is 4.44. The van der Waals surface area contributed by atoms with Crippen LogP contribution in [0.15, 0.2) is 0 Å². The van der Waals surface area contributed by atoms with E-state index in [1.807, 2.05) is 27.1 Å². The van der Waals surface area contributed by atoms with Crippen molar-refractivity contribution in [3.05, 3.63) is 6.32 Å². The van der Waals surface area contributed by atoms with Crippen LogP contribution in [-0.4, -0.2) is 83.4 Å². The smallest absolute Gasteiger partial charge is 0.311 e. The first-order chi connectivity index (χ1) is 9.61. The average Bonchev–Trinajstić information content (AvgIpc) is 3.14. The number of ether oxygens (including phenoxy) is 1. The standard InChI is InChI=1S/C9H15B10O2/c1-4-9(2,3)8(20)21-6-7-5-15(7)19(17(12)13)18(14)16(10)11/h5,7H,4,6H2,1-3H3. The summed E-state index contributed by atoms with van der Waals surface area (Å²) < 4.78 is 5.37. The molecule has 1 aliphatic rings. The van der Waals surface area contributed by atoms with Crippen LogP contribution in [0.4, 0.5) is 0 Å². The van der Waals surface area contributed by atoms with Crippen molar-refractivity contribution in [2.24, 2.45) is 5.41 Å². The van der Waals surface area contributed by atoms with Crippen LogP contribution in [0.2, 0.25) is 5.82 Å². The normalized spacial score (nSPS) is 17.1. The van der Waals surface area contributed by atoms with E-state index in [1.54, 1.807) is 0 Å². The van der Waals surface area contributed by atoms with Gasteiger partial charge in [0.25, 0.3) is 0 Å². The number of rotatable bonds is 8. The van der Waals surface area contributed by atoms with E-state index in [9.17, 15) is 4.79 Å². The van der Waals surface area contributed by atoms with Gasteiger partial charge in [0.15, 0.2) is 0 Å². The van der Waals surface area contributed by atoms with Crippen LogP contribution >= 0.6 is 0 Å². The summed E-state index contributed by atoms with van der Waals surface area (Å²) in [7, 11) is 28.8. The molecule has 1 unspecified atom stereocenters. The molecule has 1 atom stereocenters. The molecular formula is C9H15B10O2. The van der Waals surface area contributed by atoms with E-state index >= 15 is 0 Å². The van der Waals surface area contributed by atoms with Gasteiger partial charge in [-0.25, -0.2) is 0 Å². The minimum Gasteiger partial charge on any atom is -0.466 e. The molecule has 11 radical (unpaired) electrons. The topological polar surface area (TPSA) is 26.3 Å². The van der Waals surface area contributed by atoms with Gasteiger partial charge in [0.1, 0.15) is 6.60 Å². The quantitative estimate of drug-likeness (QED) is 0.382. The van der Waals surface area contributed by atoms with Gasteiger partial charge in [-0.2, -0.15) is 0 Å². The fourth-order valence-electron chi connectivity index (χ4n) is 2.34.